The zero-order chi connectivity index (χ0) is 13.8. The van der Waals surface area contributed by atoms with Crippen LogP contribution in [0.4, 0.5) is 0 Å². The Morgan fingerprint density at radius 3 is 2.90 bits per heavy atom. The van der Waals surface area contributed by atoms with Gasteiger partial charge in [0, 0.05) is 18.4 Å². The topological polar surface area (TPSA) is 54.2 Å². The van der Waals surface area contributed by atoms with E-state index in [0.717, 1.165) is 50.6 Å². The minimum atomic E-state index is 0.464. The van der Waals surface area contributed by atoms with Crippen LogP contribution in [0.25, 0.3) is 0 Å². The molecule has 3 heterocycles. The van der Waals surface area contributed by atoms with Crippen molar-refractivity contribution in [3.8, 4) is 0 Å². The first-order valence-electron chi connectivity index (χ1n) is 8.14. The molecule has 1 atom stereocenters. The normalized spacial score (nSPS) is 25.9. The maximum Gasteiger partial charge on any atom is 0.229 e. The van der Waals surface area contributed by atoms with Gasteiger partial charge in [-0.2, -0.15) is 4.98 Å². The Kier molecular flexibility index (Phi) is 4.68. The fourth-order valence-electron chi connectivity index (χ4n) is 3.50. The zero-order valence-electron chi connectivity index (χ0n) is 12.5. The lowest BCUT2D eigenvalue weighted by atomic mass is 9.98. The van der Waals surface area contributed by atoms with Crippen LogP contribution in [-0.2, 0) is 6.42 Å². The maximum absolute atomic E-state index is 5.51. The van der Waals surface area contributed by atoms with E-state index < -0.39 is 0 Å². The number of nitrogens with one attached hydrogen (secondary N) is 1. The molecule has 112 valence electrons. The Bertz CT molecular complexity index is 414. The summed E-state index contributed by atoms with van der Waals surface area (Å²) in [5.74, 6) is 2.23. The number of rotatable bonds is 4. The third-order valence-corrected chi connectivity index (χ3v) is 4.75. The highest BCUT2D eigenvalue weighted by molar-refractivity contribution is 4.98. The van der Waals surface area contributed by atoms with Gasteiger partial charge in [-0.3, -0.25) is 0 Å². The van der Waals surface area contributed by atoms with Crippen LogP contribution in [0.2, 0.25) is 0 Å². The first-order chi connectivity index (χ1) is 9.86. The molecule has 20 heavy (non-hydrogen) atoms. The Morgan fingerprint density at radius 2 is 2.10 bits per heavy atom. The molecule has 1 aromatic rings. The van der Waals surface area contributed by atoms with Crippen LogP contribution in [-0.4, -0.2) is 47.3 Å². The largest absolute Gasteiger partial charge is 0.339 e. The number of likely N-dealkylation sites (N-methyl/N-ethyl adjacent to an activating group) is 1. The standard InChI is InChI=1S/C15H26N4O/c1-2-19-10-4-3-5-13(19)11-14-17-15(20-18-14)12-6-8-16-9-7-12/h12-13,16H,2-11H2,1H3. The molecular weight excluding hydrogens is 252 g/mol. The molecule has 3 rings (SSSR count). The second kappa shape index (κ2) is 6.68. The Labute approximate surface area is 121 Å². The molecule has 5 nitrogen and oxygen atoms in total. The molecular formula is C15H26N4O. The molecule has 2 fully saturated rings. The summed E-state index contributed by atoms with van der Waals surface area (Å²) >= 11 is 0. The Hall–Kier alpha value is -0.940. The van der Waals surface area contributed by atoms with Crippen molar-refractivity contribution < 1.29 is 4.52 Å². The summed E-state index contributed by atoms with van der Waals surface area (Å²) < 4.78 is 5.51. The average molecular weight is 278 g/mol. The third kappa shape index (κ3) is 3.20. The van der Waals surface area contributed by atoms with Gasteiger partial charge in [-0.05, 0) is 51.9 Å². The SMILES string of the molecule is CCN1CCCCC1Cc1noc(C2CCNCC2)n1. The number of aromatic nitrogens is 2. The predicted molar refractivity (Wildman–Crippen MR) is 77.7 cm³/mol. The highest BCUT2D eigenvalue weighted by Crippen LogP contribution is 2.25. The number of hydrogen-bond acceptors (Lipinski definition) is 5. The lowest BCUT2D eigenvalue weighted by molar-refractivity contribution is 0.153. The Morgan fingerprint density at radius 1 is 1.25 bits per heavy atom. The van der Waals surface area contributed by atoms with E-state index >= 15 is 0 Å². The quantitative estimate of drug-likeness (QED) is 0.912. The van der Waals surface area contributed by atoms with E-state index in [1.807, 2.05) is 0 Å². The summed E-state index contributed by atoms with van der Waals surface area (Å²) in [6, 6.07) is 0.604. The van der Waals surface area contributed by atoms with Crippen LogP contribution in [0.3, 0.4) is 0 Å². The van der Waals surface area contributed by atoms with Gasteiger partial charge in [0.15, 0.2) is 5.82 Å². The minimum absolute atomic E-state index is 0.464. The molecule has 0 aromatic carbocycles. The molecule has 5 heteroatoms. The molecule has 0 amide bonds. The highest BCUT2D eigenvalue weighted by Gasteiger charge is 2.25. The van der Waals surface area contributed by atoms with Gasteiger partial charge >= 0.3 is 0 Å². The number of piperidine rings is 2. The number of likely N-dealkylation sites (tertiary alicyclic amines) is 1. The second-order valence-corrected chi connectivity index (χ2v) is 6.06. The van der Waals surface area contributed by atoms with Crippen molar-refractivity contribution in [1.82, 2.24) is 20.4 Å². The van der Waals surface area contributed by atoms with Crippen LogP contribution in [0.15, 0.2) is 4.52 Å². The molecule has 0 bridgehead atoms. The van der Waals surface area contributed by atoms with Gasteiger partial charge in [0.25, 0.3) is 0 Å². The van der Waals surface area contributed by atoms with Gasteiger partial charge in [-0.25, -0.2) is 0 Å². The van der Waals surface area contributed by atoms with Crippen molar-refractivity contribution in [3.63, 3.8) is 0 Å². The molecule has 2 aliphatic heterocycles. The zero-order valence-corrected chi connectivity index (χ0v) is 12.5. The number of nitrogens with zero attached hydrogens (tertiary/aromatic N) is 3. The molecule has 0 spiro atoms. The predicted octanol–water partition coefficient (Wildman–Crippen LogP) is 1.95. The first-order valence-corrected chi connectivity index (χ1v) is 8.14. The third-order valence-electron chi connectivity index (χ3n) is 4.75. The van der Waals surface area contributed by atoms with E-state index in [-0.39, 0.29) is 0 Å². The minimum Gasteiger partial charge on any atom is -0.339 e. The maximum atomic E-state index is 5.51. The van der Waals surface area contributed by atoms with E-state index in [2.05, 4.69) is 27.3 Å². The molecule has 1 unspecified atom stereocenters. The Balaban J connectivity index is 1.61. The lowest BCUT2D eigenvalue weighted by Crippen LogP contribution is -2.40. The van der Waals surface area contributed by atoms with Crippen molar-refractivity contribution in [3.05, 3.63) is 11.7 Å². The van der Waals surface area contributed by atoms with E-state index in [1.54, 1.807) is 0 Å². The van der Waals surface area contributed by atoms with E-state index in [9.17, 15) is 0 Å². The summed E-state index contributed by atoms with van der Waals surface area (Å²) in [5, 5.41) is 7.59. The summed E-state index contributed by atoms with van der Waals surface area (Å²) in [6.45, 7) is 6.72. The summed E-state index contributed by atoms with van der Waals surface area (Å²) in [7, 11) is 0. The summed E-state index contributed by atoms with van der Waals surface area (Å²) in [4.78, 5) is 7.22. The van der Waals surface area contributed by atoms with Crippen LogP contribution in [0.1, 0.15) is 56.7 Å². The van der Waals surface area contributed by atoms with E-state index in [0.29, 0.717) is 12.0 Å². The van der Waals surface area contributed by atoms with Crippen LogP contribution in [0.5, 0.6) is 0 Å². The fraction of sp³-hybridized carbons (Fsp3) is 0.867. The highest BCUT2D eigenvalue weighted by atomic mass is 16.5. The molecule has 0 saturated carbocycles. The smallest absolute Gasteiger partial charge is 0.229 e. The molecule has 0 aliphatic carbocycles. The van der Waals surface area contributed by atoms with Gasteiger partial charge in [0.05, 0.1) is 0 Å². The van der Waals surface area contributed by atoms with Crippen LogP contribution >= 0.6 is 0 Å². The van der Waals surface area contributed by atoms with Crippen LogP contribution < -0.4 is 5.32 Å². The lowest BCUT2D eigenvalue weighted by Gasteiger charge is -2.34. The van der Waals surface area contributed by atoms with Gasteiger partial charge in [0.2, 0.25) is 5.89 Å². The van der Waals surface area contributed by atoms with Gasteiger partial charge in [0.1, 0.15) is 0 Å². The second-order valence-electron chi connectivity index (χ2n) is 6.06. The van der Waals surface area contributed by atoms with Gasteiger partial charge in [-0.1, -0.05) is 18.5 Å². The fourth-order valence-corrected chi connectivity index (χ4v) is 3.50. The van der Waals surface area contributed by atoms with Crippen molar-refractivity contribution >= 4 is 0 Å². The summed E-state index contributed by atoms with van der Waals surface area (Å²) in [5.41, 5.74) is 0. The van der Waals surface area contributed by atoms with Crippen molar-refractivity contribution in [2.45, 2.75) is 57.4 Å². The van der Waals surface area contributed by atoms with Gasteiger partial charge < -0.3 is 14.7 Å². The van der Waals surface area contributed by atoms with Crippen molar-refractivity contribution in [2.24, 2.45) is 0 Å². The van der Waals surface area contributed by atoms with Crippen molar-refractivity contribution in [1.29, 1.82) is 0 Å². The molecule has 1 N–H and O–H groups in total. The summed E-state index contributed by atoms with van der Waals surface area (Å²) in [6.07, 6.45) is 7.11. The average Bonchev–Trinajstić information content (AvgIpc) is 2.97. The molecule has 2 saturated heterocycles. The van der Waals surface area contributed by atoms with E-state index in [4.69, 9.17) is 4.52 Å². The van der Waals surface area contributed by atoms with E-state index in [1.165, 1.54) is 25.8 Å². The monoisotopic (exact) mass is 278 g/mol. The van der Waals surface area contributed by atoms with Crippen LogP contribution in [0, 0.1) is 0 Å². The molecule has 2 aliphatic rings. The first kappa shape index (κ1) is 14.0. The van der Waals surface area contributed by atoms with Gasteiger partial charge in [-0.15, -0.1) is 0 Å². The molecule has 0 radical (unpaired) electrons. The number of hydrogen-bond donors (Lipinski definition) is 1. The van der Waals surface area contributed by atoms with Crippen molar-refractivity contribution in [2.75, 3.05) is 26.2 Å². The molecule has 1 aromatic heterocycles.